The maximum Gasteiger partial charge on any atom is 0.283 e. The molecular formula is C26H18Cl2N4O2S. The first kappa shape index (κ1) is 23.2. The van der Waals surface area contributed by atoms with Crippen LogP contribution < -0.4 is 10.2 Å². The lowest BCUT2D eigenvalue weighted by Gasteiger charge is -2.17. The van der Waals surface area contributed by atoms with Crippen LogP contribution in [0, 0.1) is 0 Å². The highest BCUT2D eigenvalue weighted by Gasteiger charge is 2.32. The Morgan fingerprint density at radius 2 is 1.89 bits per heavy atom. The van der Waals surface area contributed by atoms with Crippen LogP contribution in [-0.2, 0) is 9.59 Å². The van der Waals surface area contributed by atoms with E-state index < -0.39 is 0 Å². The largest absolute Gasteiger partial charge is 0.361 e. The third-order valence-electron chi connectivity index (χ3n) is 5.29. The molecule has 5 rings (SSSR count). The molecule has 174 valence electrons. The second-order valence-electron chi connectivity index (χ2n) is 7.66. The molecule has 0 spiro atoms. The lowest BCUT2D eigenvalue weighted by Crippen LogP contribution is -2.31. The second-order valence-corrected chi connectivity index (χ2v) is 9.39. The van der Waals surface area contributed by atoms with E-state index in [0.717, 1.165) is 10.9 Å². The monoisotopic (exact) mass is 520 g/mol. The Bertz CT molecular complexity index is 1500. The fourth-order valence-corrected chi connectivity index (χ4v) is 4.80. The van der Waals surface area contributed by atoms with Gasteiger partial charge in [-0.05, 0) is 53.4 Å². The van der Waals surface area contributed by atoms with Crippen LogP contribution in [0.4, 0.5) is 11.4 Å². The summed E-state index contributed by atoms with van der Waals surface area (Å²) >= 11 is 13.6. The van der Waals surface area contributed by atoms with Gasteiger partial charge >= 0.3 is 0 Å². The summed E-state index contributed by atoms with van der Waals surface area (Å²) in [5.74, 6) is -0.449. The molecule has 0 radical (unpaired) electrons. The zero-order valence-electron chi connectivity index (χ0n) is 18.2. The number of carbonyl (C=O) groups excluding carboxylic acids is 2. The minimum atomic E-state index is -0.313. The normalized spacial score (nSPS) is 14.6. The highest BCUT2D eigenvalue weighted by molar-refractivity contribution is 8.14. The van der Waals surface area contributed by atoms with Crippen molar-refractivity contribution in [3.8, 4) is 0 Å². The number of benzene rings is 3. The molecule has 1 aliphatic rings. The van der Waals surface area contributed by atoms with Crippen molar-refractivity contribution >= 4 is 80.3 Å². The number of anilines is 2. The van der Waals surface area contributed by atoms with E-state index in [0.29, 0.717) is 32.2 Å². The molecule has 9 heteroatoms. The molecule has 2 amide bonds. The maximum atomic E-state index is 13.3. The van der Waals surface area contributed by atoms with Gasteiger partial charge in [-0.3, -0.25) is 14.5 Å². The predicted molar refractivity (Wildman–Crippen MR) is 145 cm³/mol. The predicted octanol–water partition coefficient (Wildman–Crippen LogP) is 6.59. The van der Waals surface area contributed by atoms with Gasteiger partial charge in [0.2, 0.25) is 5.91 Å². The highest BCUT2D eigenvalue weighted by atomic mass is 35.5. The summed E-state index contributed by atoms with van der Waals surface area (Å²) in [6.07, 6.45) is 3.45. The van der Waals surface area contributed by atoms with Gasteiger partial charge in [-0.1, -0.05) is 71.4 Å². The number of hydrogen-bond donors (Lipinski definition) is 2. The fourth-order valence-electron chi connectivity index (χ4n) is 3.63. The number of aliphatic imine (C=N–C) groups is 1. The number of aromatic nitrogens is 1. The molecule has 0 aliphatic carbocycles. The molecule has 0 saturated heterocycles. The number of rotatable bonds is 5. The first-order valence-corrected chi connectivity index (χ1v) is 12.4. The molecule has 0 unspecified atom stereocenters. The SMILES string of the molecule is O=C(CSC1=N/C(=C\c2cccc(Cl)c2Cl)C(=O)N1c1ccccc1)Nc1ccc2cc[nH]c2c1. The number of thioether (sulfide) groups is 1. The topological polar surface area (TPSA) is 77.6 Å². The number of amides is 2. The Morgan fingerprint density at radius 1 is 1.06 bits per heavy atom. The smallest absolute Gasteiger partial charge is 0.283 e. The van der Waals surface area contributed by atoms with E-state index in [2.05, 4.69) is 15.3 Å². The summed E-state index contributed by atoms with van der Waals surface area (Å²) in [7, 11) is 0. The van der Waals surface area contributed by atoms with Crippen molar-refractivity contribution in [3.63, 3.8) is 0 Å². The molecule has 1 aliphatic heterocycles. The number of carbonyl (C=O) groups is 2. The van der Waals surface area contributed by atoms with Crippen LogP contribution in [0.2, 0.25) is 10.0 Å². The number of fused-ring (bicyclic) bond motifs is 1. The van der Waals surface area contributed by atoms with Crippen molar-refractivity contribution < 1.29 is 9.59 Å². The van der Waals surface area contributed by atoms with E-state index in [1.165, 1.54) is 16.7 Å². The number of amidine groups is 1. The third-order valence-corrected chi connectivity index (χ3v) is 7.06. The van der Waals surface area contributed by atoms with Gasteiger partial charge in [-0.2, -0.15) is 0 Å². The lowest BCUT2D eigenvalue weighted by atomic mass is 10.2. The van der Waals surface area contributed by atoms with Crippen LogP contribution in [0.3, 0.4) is 0 Å². The Kier molecular flexibility index (Phi) is 6.63. The minimum absolute atomic E-state index is 0.0728. The van der Waals surface area contributed by atoms with E-state index in [9.17, 15) is 9.59 Å². The average Bonchev–Trinajstić information content (AvgIpc) is 3.45. The molecule has 2 N–H and O–H groups in total. The van der Waals surface area contributed by atoms with Gasteiger partial charge in [-0.25, -0.2) is 4.99 Å². The van der Waals surface area contributed by atoms with Crippen LogP contribution in [0.25, 0.3) is 17.0 Å². The van der Waals surface area contributed by atoms with Gasteiger partial charge in [0.25, 0.3) is 5.91 Å². The van der Waals surface area contributed by atoms with Crippen molar-refractivity contribution in [1.82, 2.24) is 4.98 Å². The first-order valence-electron chi connectivity index (χ1n) is 10.6. The van der Waals surface area contributed by atoms with E-state index in [4.69, 9.17) is 23.2 Å². The van der Waals surface area contributed by atoms with Crippen LogP contribution in [0.5, 0.6) is 0 Å². The summed E-state index contributed by atoms with van der Waals surface area (Å²) < 4.78 is 0. The number of nitrogens with zero attached hydrogens (tertiary/aromatic N) is 2. The minimum Gasteiger partial charge on any atom is -0.361 e. The van der Waals surface area contributed by atoms with E-state index in [1.54, 1.807) is 24.3 Å². The van der Waals surface area contributed by atoms with Crippen LogP contribution >= 0.6 is 35.0 Å². The molecule has 0 bridgehead atoms. The lowest BCUT2D eigenvalue weighted by molar-refractivity contribution is -0.114. The van der Waals surface area contributed by atoms with Gasteiger partial charge in [0.05, 0.1) is 21.5 Å². The van der Waals surface area contributed by atoms with Gasteiger partial charge in [-0.15, -0.1) is 0 Å². The standard InChI is InChI=1S/C26H18Cl2N4O2S/c27-20-8-4-5-17(24(20)28)13-22-25(34)32(19-6-2-1-3-7-19)26(31-22)35-15-23(33)30-18-10-9-16-11-12-29-21(16)14-18/h1-14,29H,15H2,(H,30,33)/b22-13-. The van der Waals surface area contributed by atoms with Crippen molar-refractivity contribution in [2.45, 2.75) is 0 Å². The van der Waals surface area contributed by atoms with E-state index >= 15 is 0 Å². The summed E-state index contributed by atoms with van der Waals surface area (Å²) in [6, 6.07) is 22.0. The summed E-state index contributed by atoms with van der Waals surface area (Å²) in [4.78, 5) is 35.1. The Hall–Kier alpha value is -3.52. The summed E-state index contributed by atoms with van der Waals surface area (Å²) in [6.45, 7) is 0. The quantitative estimate of drug-likeness (QED) is 0.291. The number of aromatic amines is 1. The molecule has 0 fully saturated rings. The Labute approximate surface area is 215 Å². The van der Waals surface area contributed by atoms with Gasteiger partial charge in [0.15, 0.2) is 5.17 Å². The molecule has 0 atom stereocenters. The third kappa shape index (κ3) is 4.98. The fraction of sp³-hybridized carbons (Fsp3) is 0.0385. The average molecular weight is 521 g/mol. The van der Waals surface area contributed by atoms with Crippen molar-refractivity contribution in [3.05, 3.63) is 100 Å². The molecule has 35 heavy (non-hydrogen) atoms. The summed E-state index contributed by atoms with van der Waals surface area (Å²) in [5.41, 5.74) is 3.07. The molecule has 1 aromatic heterocycles. The molecule has 4 aromatic rings. The zero-order chi connectivity index (χ0) is 24.4. The zero-order valence-corrected chi connectivity index (χ0v) is 20.5. The van der Waals surface area contributed by atoms with Gasteiger partial charge < -0.3 is 10.3 Å². The van der Waals surface area contributed by atoms with Crippen molar-refractivity contribution in [2.75, 3.05) is 16.0 Å². The Morgan fingerprint density at radius 3 is 2.71 bits per heavy atom. The molecule has 3 aromatic carbocycles. The maximum absolute atomic E-state index is 13.3. The molecule has 2 heterocycles. The van der Waals surface area contributed by atoms with Gasteiger partial charge in [0, 0.05) is 17.4 Å². The van der Waals surface area contributed by atoms with Crippen LogP contribution in [0.1, 0.15) is 5.56 Å². The molecule has 6 nitrogen and oxygen atoms in total. The number of hydrogen-bond acceptors (Lipinski definition) is 4. The van der Waals surface area contributed by atoms with E-state index in [1.807, 2.05) is 60.8 Å². The number of halogens is 2. The van der Waals surface area contributed by atoms with Crippen LogP contribution in [0.15, 0.2) is 89.7 Å². The highest BCUT2D eigenvalue weighted by Crippen LogP contribution is 2.32. The molecular weight excluding hydrogens is 503 g/mol. The van der Waals surface area contributed by atoms with Crippen molar-refractivity contribution in [2.24, 2.45) is 4.99 Å². The van der Waals surface area contributed by atoms with Crippen LogP contribution in [-0.4, -0.2) is 27.7 Å². The number of nitrogens with one attached hydrogen (secondary N) is 2. The number of H-pyrrole nitrogens is 1. The van der Waals surface area contributed by atoms with E-state index in [-0.39, 0.29) is 23.3 Å². The van der Waals surface area contributed by atoms with Crippen molar-refractivity contribution in [1.29, 1.82) is 0 Å². The number of para-hydroxylation sites is 1. The first-order chi connectivity index (χ1) is 17.0. The second kappa shape index (κ2) is 10.00. The summed E-state index contributed by atoms with van der Waals surface area (Å²) in [5, 5.41) is 5.09. The van der Waals surface area contributed by atoms with Gasteiger partial charge in [0.1, 0.15) is 5.70 Å². The Balaban J connectivity index is 1.38. The molecule has 0 saturated carbocycles.